The van der Waals surface area contributed by atoms with Gasteiger partial charge in [0.05, 0.1) is 12.2 Å². The monoisotopic (exact) mass is 267 g/mol. The molecule has 2 heteroatoms. The van der Waals surface area contributed by atoms with Crippen LogP contribution in [-0.2, 0) is 6.42 Å². The first-order valence-electron chi connectivity index (χ1n) is 7.36. The summed E-state index contributed by atoms with van der Waals surface area (Å²) in [5.74, 6) is 0.957. The molecule has 1 N–H and O–H groups in total. The van der Waals surface area contributed by atoms with Crippen LogP contribution in [-0.4, -0.2) is 6.54 Å². The Bertz CT molecular complexity index is 589. The average molecular weight is 267 g/mol. The molecule has 1 aliphatic heterocycles. The van der Waals surface area contributed by atoms with Gasteiger partial charge < -0.3 is 10.1 Å². The quantitative estimate of drug-likeness (QED) is 0.884. The van der Waals surface area contributed by atoms with Crippen molar-refractivity contribution in [2.75, 3.05) is 11.9 Å². The molecule has 0 saturated carbocycles. The number of aryl methyl sites for hydroxylation is 2. The molecule has 1 unspecified atom stereocenters. The summed E-state index contributed by atoms with van der Waals surface area (Å²) in [7, 11) is 0. The molecule has 2 aromatic rings. The topological polar surface area (TPSA) is 21.3 Å². The maximum absolute atomic E-state index is 6.14. The van der Waals surface area contributed by atoms with Gasteiger partial charge in [0, 0.05) is 0 Å². The van der Waals surface area contributed by atoms with E-state index in [0.717, 1.165) is 24.4 Å². The van der Waals surface area contributed by atoms with Gasteiger partial charge in [-0.15, -0.1) is 0 Å². The lowest BCUT2D eigenvalue weighted by Gasteiger charge is -2.28. The smallest absolute Gasteiger partial charge is 0.143 e. The molecule has 2 nitrogen and oxygen atoms in total. The number of nitrogens with one attached hydrogen (secondary N) is 1. The molecule has 0 radical (unpaired) electrons. The highest BCUT2D eigenvalue weighted by Gasteiger charge is 2.20. The number of hydrogen-bond donors (Lipinski definition) is 1. The first-order chi connectivity index (χ1) is 9.76. The summed E-state index contributed by atoms with van der Waals surface area (Å²) in [4.78, 5) is 0. The van der Waals surface area contributed by atoms with Crippen molar-refractivity contribution in [3.8, 4) is 5.75 Å². The van der Waals surface area contributed by atoms with Crippen molar-refractivity contribution >= 4 is 5.69 Å². The second-order valence-corrected chi connectivity index (χ2v) is 5.48. The number of benzene rings is 2. The molecule has 20 heavy (non-hydrogen) atoms. The molecular weight excluding hydrogens is 246 g/mol. The fourth-order valence-corrected chi connectivity index (χ4v) is 2.64. The van der Waals surface area contributed by atoms with Gasteiger partial charge in [0.2, 0.25) is 0 Å². The normalized spacial score (nSPS) is 17.0. The zero-order chi connectivity index (χ0) is 13.9. The highest BCUT2D eigenvalue weighted by Crippen LogP contribution is 2.34. The second-order valence-electron chi connectivity index (χ2n) is 5.48. The fourth-order valence-electron chi connectivity index (χ4n) is 2.64. The van der Waals surface area contributed by atoms with Crippen LogP contribution in [0, 0.1) is 6.92 Å². The molecule has 0 spiro atoms. The molecule has 0 bridgehead atoms. The van der Waals surface area contributed by atoms with E-state index in [9.17, 15) is 0 Å². The minimum Gasteiger partial charge on any atom is -0.482 e. The van der Waals surface area contributed by atoms with E-state index in [-0.39, 0.29) is 6.10 Å². The Hall–Kier alpha value is -1.96. The third kappa shape index (κ3) is 2.64. The Morgan fingerprint density at radius 1 is 1.15 bits per heavy atom. The lowest BCUT2D eigenvalue weighted by atomic mass is 10.0. The van der Waals surface area contributed by atoms with E-state index in [0.29, 0.717) is 0 Å². The molecule has 0 aromatic heterocycles. The standard InChI is InChI=1S/C18H21NO/c1-3-4-14-6-8-15(9-7-14)18-12-19-16-10-5-13(2)11-17(16)20-18/h5-11,18-19H,3-4,12H2,1-2H3. The predicted molar refractivity (Wildman–Crippen MR) is 83.5 cm³/mol. The van der Waals surface area contributed by atoms with Crippen molar-refractivity contribution < 1.29 is 4.74 Å². The van der Waals surface area contributed by atoms with Crippen LogP contribution in [0.25, 0.3) is 0 Å². The van der Waals surface area contributed by atoms with Gasteiger partial charge in [0.25, 0.3) is 0 Å². The summed E-state index contributed by atoms with van der Waals surface area (Å²) in [6, 6.07) is 15.1. The van der Waals surface area contributed by atoms with Gasteiger partial charge in [-0.2, -0.15) is 0 Å². The highest BCUT2D eigenvalue weighted by molar-refractivity contribution is 5.59. The molecular formula is C18H21NO. The third-order valence-electron chi connectivity index (χ3n) is 3.77. The number of rotatable bonds is 3. The molecule has 1 aliphatic rings. The largest absolute Gasteiger partial charge is 0.482 e. The summed E-state index contributed by atoms with van der Waals surface area (Å²) >= 11 is 0. The number of ether oxygens (including phenoxy) is 1. The van der Waals surface area contributed by atoms with Crippen molar-refractivity contribution in [3.63, 3.8) is 0 Å². The number of anilines is 1. The average Bonchev–Trinajstić information content (AvgIpc) is 2.47. The first-order valence-corrected chi connectivity index (χ1v) is 7.36. The van der Waals surface area contributed by atoms with E-state index in [1.54, 1.807) is 0 Å². The van der Waals surface area contributed by atoms with Crippen LogP contribution >= 0.6 is 0 Å². The molecule has 2 aromatic carbocycles. The predicted octanol–water partition coefficient (Wildman–Crippen LogP) is 4.49. The van der Waals surface area contributed by atoms with Crippen LogP contribution in [0.2, 0.25) is 0 Å². The summed E-state index contributed by atoms with van der Waals surface area (Å²) in [6.07, 6.45) is 2.43. The van der Waals surface area contributed by atoms with Gasteiger partial charge in [0.15, 0.2) is 0 Å². The van der Waals surface area contributed by atoms with Gasteiger partial charge in [-0.05, 0) is 42.2 Å². The van der Waals surface area contributed by atoms with Gasteiger partial charge in [-0.3, -0.25) is 0 Å². The zero-order valence-corrected chi connectivity index (χ0v) is 12.1. The van der Waals surface area contributed by atoms with Gasteiger partial charge in [-0.1, -0.05) is 43.7 Å². The van der Waals surface area contributed by atoms with E-state index in [2.05, 4.69) is 61.6 Å². The third-order valence-corrected chi connectivity index (χ3v) is 3.77. The SMILES string of the molecule is CCCc1ccc(C2CNc3ccc(C)cc3O2)cc1. The van der Waals surface area contributed by atoms with E-state index in [1.165, 1.54) is 23.1 Å². The second kappa shape index (κ2) is 5.58. The number of hydrogen-bond acceptors (Lipinski definition) is 2. The van der Waals surface area contributed by atoms with Crippen LogP contribution < -0.4 is 10.1 Å². The van der Waals surface area contributed by atoms with Gasteiger partial charge >= 0.3 is 0 Å². The highest BCUT2D eigenvalue weighted by atomic mass is 16.5. The van der Waals surface area contributed by atoms with Crippen molar-refractivity contribution in [2.45, 2.75) is 32.8 Å². The zero-order valence-electron chi connectivity index (χ0n) is 12.1. The maximum atomic E-state index is 6.14. The van der Waals surface area contributed by atoms with Crippen LogP contribution in [0.3, 0.4) is 0 Å². The Balaban J connectivity index is 1.79. The Labute approximate surface area is 120 Å². The summed E-state index contributed by atoms with van der Waals surface area (Å²) in [6.45, 7) is 5.12. The van der Waals surface area contributed by atoms with Crippen molar-refractivity contribution in [1.82, 2.24) is 0 Å². The molecule has 0 saturated heterocycles. The van der Waals surface area contributed by atoms with Crippen LogP contribution in [0.15, 0.2) is 42.5 Å². The van der Waals surface area contributed by atoms with E-state index < -0.39 is 0 Å². The first kappa shape index (κ1) is 13.0. The molecule has 0 amide bonds. The fraction of sp³-hybridized carbons (Fsp3) is 0.333. The van der Waals surface area contributed by atoms with E-state index in [1.807, 2.05) is 0 Å². The van der Waals surface area contributed by atoms with Crippen LogP contribution in [0.4, 0.5) is 5.69 Å². The van der Waals surface area contributed by atoms with Crippen molar-refractivity contribution in [3.05, 3.63) is 59.2 Å². The molecule has 3 rings (SSSR count). The molecule has 0 aliphatic carbocycles. The van der Waals surface area contributed by atoms with Crippen LogP contribution in [0.1, 0.15) is 36.1 Å². The van der Waals surface area contributed by atoms with Crippen molar-refractivity contribution in [2.24, 2.45) is 0 Å². The minimum absolute atomic E-state index is 0.0972. The minimum atomic E-state index is 0.0972. The number of fused-ring (bicyclic) bond motifs is 1. The van der Waals surface area contributed by atoms with E-state index in [4.69, 9.17) is 4.74 Å². The molecule has 1 atom stereocenters. The Morgan fingerprint density at radius 2 is 1.95 bits per heavy atom. The summed E-state index contributed by atoms with van der Waals surface area (Å²) in [5.41, 5.74) is 4.96. The molecule has 104 valence electrons. The Morgan fingerprint density at radius 3 is 2.70 bits per heavy atom. The molecule has 0 fully saturated rings. The van der Waals surface area contributed by atoms with E-state index >= 15 is 0 Å². The maximum Gasteiger partial charge on any atom is 0.143 e. The summed E-state index contributed by atoms with van der Waals surface area (Å²) < 4.78 is 6.14. The van der Waals surface area contributed by atoms with Crippen molar-refractivity contribution in [1.29, 1.82) is 0 Å². The molecule has 1 heterocycles. The van der Waals surface area contributed by atoms with Crippen LogP contribution in [0.5, 0.6) is 5.75 Å². The summed E-state index contributed by atoms with van der Waals surface area (Å²) in [5, 5.41) is 3.45. The Kier molecular flexibility index (Phi) is 3.64. The van der Waals surface area contributed by atoms with Gasteiger partial charge in [0.1, 0.15) is 11.9 Å². The lowest BCUT2D eigenvalue weighted by Crippen LogP contribution is -2.23. The van der Waals surface area contributed by atoms with Gasteiger partial charge in [-0.25, -0.2) is 0 Å². The lowest BCUT2D eigenvalue weighted by molar-refractivity contribution is 0.210.